The molecule has 0 aliphatic heterocycles. The van der Waals surface area contributed by atoms with Crippen LogP contribution in [0.25, 0.3) is 0 Å². The molecule has 0 rings (SSSR count). The Balaban J connectivity index is -0.00000297. The van der Waals surface area contributed by atoms with Crippen LogP contribution < -0.4 is 0 Å². The van der Waals surface area contributed by atoms with Crippen molar-refractivity contribution in [2.45, 2.75) is 297 Å². The SMILES string of the molecule is CCCCCCCC/C=C\CCCCCCCC(=O)OCC(COC(=O)CCCCCCC/C=C\CCCCCCCC)OC(=O)CCCCCCC/C=C\CCCCCCCC.O=C(O)/C=C\C(=O)O.OCC(CO)(CO)CO. The summed E-state index contributed by atoms with van der Waals surface area (Å²) in [4.78, 5) is 57.2. The van der Waals surface area contributed by atoms with Gasteiger partial charge in [0.25, 0.3) is 0 Å². The first-order valence-corrected chi connectivity index (χ1v) is 31.9. The number of esters is 3. The maximum absolute atomic E-state index is 12.8. The highest BCUT2D eigenvalue weighted by molar-refractivity contribution is 5.89. The molecule has 0 atom stereocenters. The van der Waals surface area contributed by atoms with E-state index in [1.165, 1.54) is 173 Å². The molecule has 0 unspecified atom stereocenters. The highest BCUT2D eigenvalue weighted by Crippen LogP contribution is 2.16. The molecule has 80 heavy (non-hydrogen) atoms. The zero-order valence-corrected chi connectivity index (χ0v) is 51.1. The number of hydrogen-bond acceptors (Lipinski definition) is 12. The maximum Gasteiger partial charge on any atom is 0.328 e. The van der Waals surface area contributed by atoms with Gasteiger partial charge in [-0.15, -0.1) is 0 Å². The summed E-state index contributed by atoms with van der Waals surface area (Å²) in [5, 5.41) is 49.6. The molecule has 0 aromatic carbocycles. The molecular formula is C66H120O14. The molecule has 0 heterocycles. The molecule has 0 aromatic rings. The maximum atomic E-state index is 12.8. The van der Waals surface area contributed by atoms with Crippen LogP contribution in [0.15, 0.2) is 48.6 Å². The predicted molar refractivity (Wildman–Crippen MR) is 325 cm³/mol. The minimum absolute atomic E-state index is 0.0806. The van der Waals surface area contributed by atoms with Crippen molar-refractivity contribution in [2.24, 2.45) is 5.41 Å². The summed E-state index contributed by atoms with van der Waals surface area (Å²) < 4.78 is 16.8. The van der Waals surface area contributed by atoms with Crippen molar-refractivity contribution in [3.8, 4) is 0 Å². The van der Waals surface area contributed by atoms with E-state index in [0.717, 1.165) is 77.0 Å². The number of carboxylic acid groups (broad SMARTS) is 2. The fraction of sp³-hybridized carbons (Fsp3) is 0.803. The van der Waals surface area contributed by atoms with Crippen molar-refractivity contribution in [3.63, 3.8) is 0 Å². The lowest BCUT2D eigenvalue weighted by Gasteiger charge is -2.23. The van der Waals surface area contributed by atoms with Crippen LogP contribution >= 0.6 is 0 Å². The van der Waals surface area contributed by atoms with Gasteiger partial charge in [-0.05, 0) is 96.3 Å². The number of carbonyl (C=O) groups excluding carboxylic acids is 3. The third kappa shape index (κ3) is 65.0. The fourth-order valence-corrected chi connectivity index (χ4v) is 8.34. The number of rotatable bonds is 56. The molecular weight excluding hydrogens is 1020 g/mol. The van der Waals surface area contributed by atoms with Crippen LogP contribution in [-0.4, -0.2) is 106 Å². The molecule has 0 aliphatic carbocycles. The van der Waals surface area contributed by atoms with Gasteiger partial charge in [-0.3, -0.25) is 14.4 Å². The third-order valence-electron chi connectivity index (χ3n) is 13.8. The lowest BCUT2D eigenvalue weighted by molar-refractivity contribution is -0.167. The molecule has 0 amide bonds. The summed E-state index contributed by atoms with van der Waals surface area (Å²) in [6, 6.07) is 0. The Morgan fingerprint density at radius 3 is 0.787 bits per heavy atom. The monoisotopic (exact) mass is 1140 g/mol. The normalized spacial score (nSPS) is 11.6. The first kappa shape index (κ1) is 80.4. The van der Waals surface area contributed by atoms with Crippen LogP contribution in [0, 0.1) is 5.41 Å². The second kappa shape index (κ2) is 66.0. The Morgan fingerprint density at radius 1 is 0.338 bits per heavy atom. The molecule has 14 nitrogen and oxygen atoms in total. The highest BCUT2D eigenvalue weighted by atomic mass is 16.6. The summed E-state index contributed by atoms with van der Waals surface area (Å²) in [6.45, 7) is 5.00. The van der Waals surface area contributed by atoms with Gasteiger partial charge < -0.3 is 44.8 Å². The van der Waals surface area contributed by atoms with E-state index in [1.54, 1.807) is 0 Å². The van der Waals surface area contributed by atoms with Gasteiger partial charge in [-0.2, -0.15) is 0 Å². The fourth-order valence-electron chi connectivity index (χ4n) is 8.34. The molecule has 0 spiro atoms. The van der Waals surface area contributed by atoms with Crippen LogP contribution in [0.5, 0.6) is 0 Å². The number of hydrogen-bond donors (Lipinski definition) is 6. The zero-order chi connectivity index (χ0) is 59.7. The molecule has 468 valence electrons. The summed E-state index contributed by atoms with van der Waals surface area (Å²) in [7, 11) is 0. The molecule has 0 radical (unpaired) electrons. The summed E-state index contributed by atoms with van der Waals surface area (Å²) in [6.07, 6.45) is 62.4. The van der Waals surface area contributed by atoms with Crippen LogP contribution in [-0.2, 0) is 38.2 Å². The average molecular weight is 1140 g/mol. The number of aliphatic hydroxyl groups excluding tert-OH is 4. The third-order valence-corrected chi connectivity index (χ3v) is 13.8. The van der Waals surface area contributed by atoms with Gasteiger partial charge in [0.2, 0.25) is 0 Å². The molecule has 0 saturated carbocycles. The van der Waals surface area contributed by atoms with Crippen molar-refractivity contribution in [1.29, 1.82) is 0 Å². The molecule has 0 aromatic heterocycles. The summed E-state index contributed by atoms with van der Waals surface area (Å²) >= 11 is 0. The van der Waals surface area contributed by atoms with E-state index in [2.05, 4.69) is 57.2 Å². The molecule has 0 saturated heterocycles. The molecule has 14 heteroatoms. The van der Waals surface area contributed by atoms with Crippen molar-refractivity contribution in [2.75, 3.05) is 39.6 Å². The number of allylic oxidation sites excluding steroid dienone is 6. The second-order valence-electron chi connectivity index (χ2n) is 21.6. The number of ether oxygens (including phenoxy) is 3. The van der Waals surface area contributed by atoms with Crippen molar-refractivity contribution >= 4 is 29.8 Å². The Kier molecular flexibility index (Phi) is 66.3. The topological polar surface area (TPSA) is 234 Å². The minimum Gasteiger partial charge on any atom is -0.478 e. The summed E-state index contributed by atoms with van der Waals surface area (Å²) in [5.41, 5.74) is -1.11. The Hall–Kier alpha value is -3.85. The van der Waals surface area contributed by atoms with Gasteiger partial charge >= 0.3 is 29.8 Å². The van der Waals surface area contributed by atoms with E-state index >= 15 is 0 Å². The van der Waals surface area contributed by atoms with Gasteiger partial charge in [-0.25, -0.2) is 9.59 Å². The van der Waals surface area contributed by atoms with Gasteiger partial charge in [0.15, 0.2) is 6.10 Å². The highest BCUT2D eigenvalue weighted by Gasteiger charge is 2.26. The van der Waals surface area contributed by atoms with Crippen LogP contribution in [0.3, 0.4) is 0 Å². The first-order valence-electron chi connectivity index (χ1n) is 31.9. The quantitative estimate of drug-likeness (QED) is 0.0109. The van der Waals surface area contributed by atoms with Crippen LogP contribution in [0.2, 0.25) is 0 Å². The van der Waals surface area contributed by atoms with Gasteiger partial charge in [0.1, 0.15) is 13.2 Å². The smallest absolute Gasteiger partial charge is 0.328 e. The van der Waals surface area contributed by atoms with E-state index in [1.807, 2.05) is 0 Å². The Bertz CT molecular complexity index is 1410. The number of carbonyl (C=O) groups is 5. The molecule has 6 N–H and O–H groups in total. The standard InChI is InChI=1S/C57H104O6.C5H12O4.C4H4O4/c1-4-7-10-13-16-19-22-25-28-31-34-37-40-43-46-49-55(58)61-52-54(63-57(60)51-48-45-42-39-36-33-30-27-24-21-18-15-12-9-6-3)53-62-56(59)50-47-44-41-38-35-32-29-26-23-20-17-14-11-8-5-2;6-1-5(2-7,3-8)4-9;5-3(6)1-2-4(7)8/h25-30,54H,4-24,31-53H2,1-3H3;6-9H,1-4H2;1-2H,(H,5,6)(H,7,8)/b28-25-,29-26-,30-27-;;2-1-. The second-order valence-corrected chi connectivity index (χ2v) is 21.6. The van der Waals surface area contributed by atoms with Gasteiger partial charge in [-0.1, -0.05) is 211 Å². The number of aliphatic carboxylic acids is 2. The van der Waals surface area contributed by atoms with Gasteiger partial charge in [0, 0.05) is 31.4 Å². The minimum atomic E-state index is -1.26. The number of unbranched alkanes of at least 4 members (excludes halogenated alkanes) is 33. The Morgan fingerprint density at radius 2 is 0.562 bits per heavy atom. The Labute approximate surface area is 487 Å². The molecule has 0 bridgehead atoms. The predicted octanol–water partition coefficient (Wildman–Crippen LogP) is 15.8. The van der Waals surface area contributed by atoms with E-state index in [9.17, 15) is 24.0 Å². The lowest BCUT2D eigenvalue weighted by atomic mass is 9.93. The van der Waals surface area contributed by atoms with E-state index < -0.39 is 49.9 Å². The lowest BCUT2D eigenvalue weighted by Crippen LogP contribution is -2.37. The van der Waals surface area contributed by atoms with Gasteiger partial charge in [0.05, 0.1) is 31.8 Å². The van der Waals surface area contributed by atoms with Crippen LogP contribution in [0.4, 0.5) is 0 Å². The van der Waals surface area contributed by atoms with E-state index in [4.69, 9.17) is 44.8 Å². The van der Waals surface area contributed by atoms with Crippen molar-refractivity contribution < 1.29 is 68.8 Å². The average Bonchev–Trinajstić information content (AvgIpc) is 3.45. The van der Waals surface area contributed by atoms with E-state index in [-0.39, 0.29) is 31.1 Å². The summed E-state index contributed by atoms with van der Waals surface area (Å²) in [5.74, 6) is -3.41. The zero-order valence-electron chi connectivity index (χ0n) is 51.1. The van der Waals surface area contributed by atoms with E-state index in [0.29, 0.717) is 31.4 Å². The molecule has 0 aliphatic rings. The van der Waals surface area contributed by atoms with Crippen molar-refractivity contribution in [3.05, 3.63) is 48.6 Å². The molecule has 0 fully saturated rings. The number of carboxylic acids is 2. The van der Waals surface area contributed by atoms with Crippen LogP contribution in [0.1, 0.15) is 290 Å². The van der Waals surface area contributed by atoms with Crippen molar-refractivity contribution in [1.82, 2.24) is 0 Å². The largest absolute Gasteiger partial charge is 0.478 e. The number of aliphatic hydroxyl groups is 4. The first-order chi connectivity index (χ1) is 38.9.